The Morgan fingerprint density at radius 3 is 2.70 bits per heavy atom. The minimum atomic E-state index is 0.172. The second-order valence-electron chi connectivity index (χ2n) is 7.77. The molecule has 1 saturated heterocycles. The third kappa shape index (κ3) is 4.14. The molecule has 0 unspecified atom stereocenters. The molecule has 0 aromatic carbocycles. The molecule has 0 spiro atoms. The standard InChI is InChI=1S/C18H32N4O/c1-18(2,22-9-11-23-12-10-22)14-21(3)13-17-15-7-5-4-6-8-16(15)19-20-17/h4-14H2,1-3H3,(H,19,20). The topological polar surface area (TPSA) is 44.4 Å². The summed E-state index contributed by atoms with van der Waals surface area (Å²) in [6.07, 6.45) is 6.33. The monoisotopic (exact) mass is 320 g/mol. The molecule has 5 heteroatoms. The predicted octanol–water partition coefficient (Wildman–Crippen LogP) is 2.22. The third-order valence-electron chi connectivity index (χ3n) is 5.34. The summed E-state index contributed by atoms with van der Waals surface area (Å²) in [5.41, 5.74) is 4.32. The number of fused-ring (bicyclic) bond motifs is 1. The van der Waals surface area contributed by atoms with E-state index in [9.17, 15) is 0 Å². The normalized spacial score (nSPS) is 20.5. The summed E-state index contributed by atoms with van der Waals surface area (Å²) in [6, 6.07) is 0. The van der Waals surface area contributed by atoms with Crippen LogP contribution in [0.5, 0.6) is 0 Å². The number of morpholine rings is 1. The van der Waals surface area contributed by atoms with Crippen molar-refractivity contribution in [3.8, 4) is 0 Å². The fraction of sp³-hybridized carbons (Fsp3) is 0.833. The van der Waals surface area contributed by atoms with Crippen molar-refractivity contribution in [1.29, 1.82) is 0 Å². The van der Waals surface area contributed by atoms with E-state index in [0.717, 1.165) is 39.4 Å². The van der Waals surface area contributed by atoms with Gasteiger partial charge in [0.1, 0.15) is 0 Å². The summed E-state index contributed by atoms with van der Waals surface area (Å²) in [6.45, 7) is 10.5. The van der Waals surface area contributed by atoms with Crippen LogP contribution in [-0.2, 0) is 24.1 Å². The van der Waals surface area contributed by atoms with Crippen LogP contribution in [-0.4, -0.2) is 65.4 Å². The predicted molar refractivity (Wildman–Crippen MR) is 92.7 cm³/mol. The van der Waals surface area contributed by atoms with E-state index in [4.69, 9.17) is 4.74 Å². The summed E-state index contributed by atoms with van der Waals surface area (Å²) < 4.78 is 5.49. The van der Waals surface area contributed by atoms with Crippen molar-refractivity contribution in [2.75, 3.05) is 39.9 Å². The minimum absolute atomic E-state index is 0.172. The Balaban J connectivity index is 1.60. The van der Waals surface area contributed by atoms with E-state index >= 15 is 0 Å². The number of rotatable bonds is 5. The lowest BCUT2D eigenvalue weighted by atomic mass is 10.0. The summed E-state index contributed by atoms with van der Waals surface area (Å²) in [5, 5.41) is 7.92. The van der Waals surface area contributed by atoms with Crippen molar-refractivity contribution in [2.45, 2.75) is 58.0 Å². The van der Waals surface area contributed by atoms with Crippen molar-refractivity contribution in [1.82, 2.24) is 20.0 Å². The number of aromatic amines is 1. The molecule has 1 aromatic rings. The molecule has 3 rings (SSSR count). The third-order valence-corrected chi connectivity index (χ3v) is 5.34. The Morgan fingerprint density at radius 1 is 1.17 bits per heavy atom. The number of aryl methyl sites for hydroxylation is 1. The molecule has 0 radical (unpaired) electrons. The van der Waals surface area contributed by atoms with Crippen LogP contribution in [0, 0.1) is 0 Å². The molecule has 0 bridgehead atoms. The Morgan fingerprint density at radius 2 is 1.91 bits per heavy atom. The van der Waals surface area contributed by atoms with Gasteiger partial charge >= 0.3 is 0 Å². The Kier molecular flexibility index (Phi) is 5.39. The van der Waals surface area contributed by atoms with Gasteiger partial charge in [-0.2, -0.15) is 5.10 Å². The fourth-order valence-electron chi connectivity index (χ4n) is 4.10. The van der Waals surface area contributed by atoms with Crippen LogP contribution < -0.4 is 0 Å². The summed E-state index contributed by atoms with van der Waals surface area (Å²) in [4.78, 5) is 4.98. The molecule has 1 aromatic heterocycles. The van der Waals surface area contributed by atoms with Crippen molar-refractivity contribution >= 4 is 0 Å². The zero-order chi connectivity index (χ0) is 16.3. The zero-order valence-electron chi connectivity index (χ0n) is 15.0. The van der Waals surface area contributed by atoms with Gasteiger partial charge in [0, 0.05) is 37.4 Å². The van der Waals surface area contributed by atoms with Gasteiger partial charge in [0.2, 0.25) is 0 Å². The van der Waals surface area contributed by atoms with E-state index in [1.807, 2.05) is 0 Å². The van der Waals surface area contributed by atoms with Gasteiger partial charge in [0.25, 0.3) is 0 Å². The maximum Gasteiger partial charge on any atom is 0.0796 e. The highest BCUT2D eigenvalue weighted by Gasteiger charge is 2.29. The molecule has 130 valence electrons. The van der Waals surface area contributed by atoms with Gasteiger partial charge in [-0.3, -0.25) is 14.9 Å². The summed E-state index contributed by atoms with van der Waals surface area (Å²) >= 11 is 0. The SMILES string of the molecule is CN(Cc1n[nH]c2c1CCCCC2)CC(C)(C)N1CCOCC1. The number of likely N-dealkylation sites (N-methyl/N-ethyl adjacent to an activating group) is 1. The first-order chi connectivity index (χ1) is 11.1. The highest BCUT2D eigenvalue weighted by atomic mass is 16.5. The molecule has 5 nitrogen and oxygen atoms in total. The number of nitrogens with zero attached hydrogens (tertiary/aromatic N) is 3. The molecular formula is C18H32N4O. The summed E-state index contributed by atoms with van der Waals surface area (Å²) in [7, 11) is 2.22. The van der Waals surface area contributed by atoms with Crippen LogP contribution in [0.2, 0.25) is 0 Å². The van der Waals surface area contributed by atoms with E-state index in [1.54, 1.807) is 0 Å². The number of aromatic nitrogens is 2. The molecule has 1 N–H and O–H groups in total. The highest BCUT2D eigenvalue weighted by Crippen LogP contribution is 2.23. The molecule has 2 aliphatic rings. The number of nitrogens with one attached hydrogen (secondary N) is 1. The molecule has 0 amide bonds. The molecule has 0 saturated carbocycles. The first-order valence-corrected chi connectivity index (χ1v) is 9.12. The average Bonchev–Trinajstić information content (AvgIpc) is 2.75. The van der Waals surface area contributed by atoms with Gasteiger partial charge in [-0.25, -0.2) is 0 Å². The van der Waals surface area contributed by atoms with Gasteiger partial charge in [0.15, 0.2) is 0 Å². The fourth-order valence-corrected chi connectivity index (χ4v) is 4.10. The Hall–Kier alpha value is -0.910. The molecule has 23 heavy (non-hydrogen) atoms. The molecule has 1 fully saturated rings. The van der Waals surface area contributed by atoms with E-state index in [-0.39, 0.29) is 5.54 Å². The van der Waals surface area contributed by atoms with Crippen LogP contribution in [0.25, 0.3) is 0 Å². The quantitative estimate of drug-likeness (QED) is 0.845. The lowest BCUT2D eigenvalue weighted by Crippen LogP contribution is -2.54. The largest absolute Gasteiger partial charge is 0.379 e. The number of ether oxygens (including phenoxy) is 1. The molecule has 1 aliphatic heterocycles. The van der Waals surface area contributed by atoms with Gasteiger partial charge in [-0.15, -0.1) is 0 Å². The van der Waals surface area contributed by atoms with E-state index in [2.05, 4.69) is 40.9 Å². The van der Waals surface area contributed by atoms with Crippen molar-refractivity contribution in [3.63, 3.8) is 0 Å². The molecule has 0 atom stereocenters. The average molecular weight is 320 g/mol. The van der Waals surface area contributed by atoms with Crippen LogP contribution in [0.15, 0.2) is 0 Å². The Labute approximate surface area is 140 Å². The summed E-state index contributed by atoms with van der Waals surface area (Å²) in [5.74, 6) is 0. The van der Waals surface area contributed by atoms with Gasteiger partial charge in [0.05, 0.1) is 18.9 Å². The number of hydrogen-bond donors (Lipinski definition) is 1. The van der Waals surface area contributed by atoms with Gasteiger partial charge in [-0.1, -0.05) is 6.42 Å². The number of hydrogen-bond acceptors (Lipinski definition) is 4. The van der Waals surface area contributed by atoms with Crippen LogP contribution in [0.3, 0.4) is 0 Å². The van der Waals surface area contributed by atoms with Crippen molar-refractivity contribution in [2.24, 2.45) is 0 Å². The molecular weight excluding hydrogens is 288 g/mol. The lowest BCUT2D eigenvalue weighted by Gasteiger charge is -2.42. The van der Waals surface area contributed by atoms with Crippen LogP contribution in [0.1, 0.15) is 50.1 Å². The molecule has 2 heterocycles. The first-order valence-electron chi connectivity index (χ1n) is 9.12. The van der Waals surface area contributed by atoms with E-state index in [1.165, 1.54) is 49.1 Å². The van der Waals surface area contributed by atoms with Gasteiger partial charge in [-0.05, 0) is 52.1 Å². The van der Waals surface area contributed by atoms with Crippen LogP contribution in [0.4, 0.5) is 0 Å². The zero-order valence-corrected chi connectivity index (χ0v) is 15.0. The van der Waals surface area contributed by atoms with Crippen molar-refractivity contribution in [3.05, 3.63) is 17.0 Å². The highest BCUT2D eigenvalue weighted by molar-refractivity contribution is 5.26. The van der Waals surface area contributed by atoms with E-state index < -0.39 is 0 Å². The second-order valence-corrected chi connectivity index (χ2v) is 7.77. The number of H-pyrrole nitrogens is 1. The Bertz CT molecular complexity index is 505. The molecule has 1 aliphatic carbocycles. The second kappa shape index (κ2) is 7.32. The van der Waals surface area contributed by atoms with Crippen LogP contribution >= 0.6 is 0 Å². The van der Waals surface area contributed by atoms with E-state index in [0.29, 0.717) is 0 Å². The maximum atomic E-state index is 5.49. The minimum Gasteiger partial charge on any atom is -0.379 e. The maximum absolute atomic E-state index is 5.49. The lowest BCUT2D eigenvalue weighted by molar-refractivity contribution is -0.0201. The van der Waals surface area contributed by atoms with Crippen molar-refractivity contribution < 1.29 is 4.74 Å². The smallest absolute Gasteiger partial charge is 0.0796 e. The first kappa shape index (κ1) is 16.9. The van der Waals surface area contributed by atoms with Gasteiger partial charge < -0.3 is 4.74 Å².